The van der Waals surface area contributed by atoms with E-state index in [1.807, 2.05) is 0 Å². The maximum absolute atomic E-state index is 10.9. The Morgan fingerprint density at radius 3 is 2.80 bits per heavy atom. The third-order valence-electron chi connectivity index (χ3n) is 1.35. The van der Waals surface area contributed by atoms with Crippen LogP contribution < -0.4 is 0 Å². The number of ketones is 1. The van der Waals surface area contributed by atoms with Crippen LogP contribution >= 0.6 is 15.9 Å². The maximum Gasteiger partial charge on any atom is 0.182 e. The number of aliphatic hydroxyl groups excluding tert-OH is 1. The zero-order chi connectivity index (χ0) is 7.72. The second-order valence-electron chi connectivity index (χ2n) is 2.19. The average Bonchev–Trinajstić information content (AvgIpc) is 1.84. The fourth-order valence-electron chi connectivity index (χ4n) is 0.723. The highest BCUT2D eigenvalue weighted by Crippen LogP contribution is 2.19. The van der Waals surface area contributed by atoms with E-state index in [0.29, 0.717) is 10.1 Å². The molecule has 0 amide bonds. The molecule has 0 spiro atoms. The molecule has 0 aromatic heterocycles. The Labute approximate surface area is 67.4 Å². The number of hydrogen-bond acceptors (Lipinski definition) is 2. The van der Waals surface area contributed by atoms with Gasteiger partial charge in [0, 0.05) is 4.48 Å². The molecule has 1 atom stereocenters. The van der Waals surface area contributed by atoms with Gasteiger partial charge in [-0.3, -0.25) is 4.79 Å². The number of aliphatic hydroxyl groups is 1. The van der Waals surface area contributed by atoms with E-state index < -0.39 is 6.10 Å². The van der Waals surface area contributed by atoms with Crippen molar-refractivity contribution in [2.45, 2.75) is 13.0 Å². The molecule has 0 heterocycles. The lowest BCUT2D eigenvalue weighted by atomic mass is 10.1. The number of allylic oxidation sites excluding steroid dienone is 2. The van der Waals surface area contributed by atoms with Gasteiger partial charge in [-0.25, -0.2) is 0 Å². The molecule has 1 N–H and O–H groups in total. The molecule has 0 aromatic rings. The predicted molar refractivity (Wildman–Crippen MR) is 41.8 cm³/mol. The summed E-state index contributed by atoms with van der Waals surface area (Å²) in [7, 11) is 0. The highest BCUT2D eigenvalue weighted by atomic mass is 79.9. The van der Waals surface area contributed by atoms with E-state index in [0.717, 1.165) is 0 Å². The van der Waals surface area contributed by atoms with Crippen LogP contribution in [0.2, 0.25) is 0 Å². The van der Waals surface area contributed by atoms with Gasteiger partial charge in [0.05, 0.1) is 0 Å². The Hall–Kier alpha value is -0.410. The van der Waals surface area contributed by atoms with Crippen LogP contribution in [-0.4, -0.2) is 17.0 Å². The van der Waals surface area contributed by atoms with Gasteiger partial charge in [0.1, 0.15) is 6.10 Å². The summed E-state index contributed by atoms with van der Waals surface area (Å²) in [5.41, 5.74) is 0.593. The molecule has 0 fully saturated rings. The largest absolute Gasteiger partial charge is 0.384 e. The number of carbonyl (C=O) groups excluding carboxylic acids is 1. The van der Waals surface area contributed by atoms with Gasteiger partial charge in [0.25, 0.3) is 0 Å². The maximum atomic E-state index is 10.9. The zero-order valence-corrected chi connectivity index (χ0v) is 7.05. The zero-order valence-electron chi connectivity index (χ0n) is 5.47. The standard InChI is InChI=1S/C7H7BrO2/c1-4-2-7(10)5(8)3-6(4)9/h2-3,7,10H,1H3. The molecule has 0 radical (unpaired) electrons. The SMILES string of the molecule is CC1=CC(O)C(Br)=CC1=O. The number of rotatable bonds is 0. The van der Waals surface area contributed by atoms with Crippen molar-refractivity contribution in [3.05, 3.63) is 22.2 Å². The first-order chi connectivity index (χ1) is 4.61. The van der Waals surface area contributed by atoms with Crippen LogP contribution in [0.15, 0.2) is 22.2 Å². The van der Waals surface area contributed by atoms with Gasteiger partial charge in [-0.2, -0.15) is 0 Å². The Morgan fingerprint density at radius 2 is 2.30 bits per heavy atom. The van der Waals surface area contributed by atoms with Crippen molar-refractivity contribution in [3.63, 3.8) is 0 Å². The first kappa shape index (κ1) is 7.69. The molecule has 3 heteroatoms. The lowest BCUT2D eigenvalue weighted by Gasteiger charge is -2.10. The summed E-state index contributed by atoms with van der Waals surface area (Å²) in [5.74, 6) is -0.0443. The Balaban J connectivity index is 2.92. The molecule has 0 aromatic carbocycles. The molecule has 0 bridgehead atoms. The molecule has 1 rings (SSSR count). The van der Waals surface area contributed by atoms with Gasteiger partial charge >= 0.3 is 0 Å². The van der Waals surface area contributed by atoms with Gasteiger partial charge in [-0.1, -0.05) is 15.9 Å². The van der Waals surface area contributed by atoms with Crippen molar-refractivity contribution in [2.24, 2.45) is 0 Å². The highest BCUT2D eigenvalue weighted by Gasteiger charge is 2.14. The van der Waals surface area contributed by atoms with Crippen molar-refractivity contribution in [1.82, 2.24) is 0 Å². The molecule has 0 saturated heterocycles. The Bertz CT molecular complexity index is 228. The van der Waals surface area contributed by atoms with Gasteiger partial charge in [-0.15, -0.1) is 0 Å². The minimum Gasteiger partial charge on any atom is -0.384 e. The van der Waals surface area contributed by atoms with Crippen LogP contribution in [0.3, 0.4) is 0 Å². The molecule has 54 valence electrons. The number of carbonyl (C=O) groups is 1. The van der Waals surface area contributed by atoms with E-state index in [1.165, 1.54) is 12.2 Å². The third kappa shape index (κ3) is 1.36. The smallest absolute Gasteiger partial charge is 0.182 e. The molecule has 2 nitrogen and oxygen atoms in total. The van der Waals surface area contributed by atoms with Gasteiger partial charge < -0.3 is 5.11 Å². The Kier molecular flexibility index (Phi) is 2.06. The van der Waals surface area contributed by atoms with Gasteiger partial charge in [0.15, 0.2) is 5.78 Å². The first-order valence-corrected chi connectivity index (χ1v) is 3.68. The van der Waals surface area contributed by atoms with Crippen molar-refractivity contribution in [3.8, 4) is 0 Å². The van der Waals surface area contributed by atoms with Crippen LogP contribution in [0.4, 0.5) is 0 Å². The quantitative estimate of drug-likeness (QED) is 0.641. The first-order valence-electron chi connectivity index (χ1n) is 2.89. The highest BCUT2D eigenvalue weighted by molar-refractivity contribution is 9.11. The van der Waals surface area contributed by atoms with E-state index in [9.17, 15) is 4.79 Å². The second kappa shape index (κ2) is 2.68. The second-order valence-corrected chi connectivity index (χ2v) is 3.10. The van der Waals surface area contributed by atoms with E-state index in [4.69, 9.17) is 5.11 Å². The summed E-state index contributed by atoms with van der Waals surface area (Å²) < 4.78 is 0.531. The summed E-state index contributed by atoms with van der Waals surface area (Å²) in [6.07, 6.45) is 2.27. The fraction of sp³-hybridized carbons (Fsp3) is 0.286. The minimum absolute atomic E-state index is 0.0443. The van der Waals surface area contributed by atoms with E-state index in [1.54, 1.807) is 6.92 Å². The normalized spacial score (nSPS) is 25.9. The molecular formula is C7H7BrO2. The monoisotopic (exact) mass is 202 g/mol. The third-order valence-corrected chi connectivity index (χ3v) is 2.05. The molecule has 10 heavy (non-hydrogen) atoms. The van der Waals surface area contributed by atoms with Crippen LogP contribution in [0, 0.1) is 0 Å². The van der Waals surface area contributed by atoms with E-state index in [2.05, 4.69) is 15.9 Å². The van der Waals surface area contributed by atoms with Gasteiger partial charge in [0.2, 0.25) is 0 Å². The van der Waals surface area contributed by atoms with Gasteiger partial charge in [-0.05, 0) is 24.6 Å². The summed E-state index contributed by atoms with van der Waals surface area (Å²) in [5, 5.41) is 9.12. The molecule has 1 aliphatic rings. The van der Waals surface area contributed by atoms with Crippen molar-refractivity contribution >= 4 is 21.7 Å². The van der Waals surface area contributed by atoms with Crippen LogP contribution in [0.25, 0.3) is 0 Å². The molecule has 0 saturated carbocycles. The van der Waals surface area contributed by atoms with E-state index >= 15 is 0 Å². The van der Waals surface area contributed by atoms with E-state index in [-0.39, 0.29) is 5.78 Å². The molecular weight excluding hydrogens is 196 g/mol. The molecule has 1 aliphatic carbocycles. The molecule has 1 unspecified atom stereocenters. The van der Waals surface area contributed by atoms with Crippen LogP contribution in [-0.2, 0) is 4.79 Å². The summed E-state index contributed by atoms with van der Waals surface area (Å²) in [6, 6.07) is 0. The summed E-state index contributed by atoms with van der Waals surface area (Å²) in [6.45, 7) is 1.68. The lowest BCUT2D eigenvalue weighted by Crippen LogP contribution is -2.12. The van der Waals surface area contributed by atoms with Crippen LogP contribution in [0.5, 0.6) is 0 Å². The topological polar surface area (TPSA) is 37.3 Å². The average molecular weight is 203 g/mol. The summed E-state index contributed by atoms with van der Waals surface area (Å²) >= 11 is 3.07. The minimum atomic E-state index is -0.641. The Morgan fingerprint density at radius 1 is 1.70 bits per heavy atom. The lowest BCUT2D eigenvalue weighted by molar-refractivity contribution is -0.111. The van der Waals surface area contributed by atoms with Crippen LogP contribution in [0.1, 0.15) is 6.92 Å². The van der Waals surface area contributed by atoms with Crippen molar-refractivity contribution in [1.29, 1.82) is 0 Å². The fourth-order valence-corrected chi connectivity index (χ4v) is 1.06. The molecule has 0 aliphatic heterocycles. The van der Waals surface area contributed by atoms with Crippen molar-refractivity contribution < 1.29 is 9.90 Å². The predicted octanol–water partition coefficient (Wildman–Crippen LogP) is 1.16. The summed E-state index contributed by atoms with van der Waals surface area (Å²) in [4.78, 5) is 10.9. The number of halogens is 1. The van der Waals surface area contributed by atoms with Crippen molar-refractivity contribution in [2.75, 3.05) is 0 Å². The number of hydrogen-bond donors (Lipinski definition) is 1.